The standard InChI is InChI=1S/C16H27N3O4/c1-7-11-9-12(8-2)19(18-11)10-16(6,13(20)21)17-14(22)23-15(3,4)5/h9H,7-8,10H2,1-6H3,(H,17,22)(H,20,21). The van der Waals surface area contributed by atoms with E-state index in [0.717, 1.165) is 24.2 Å². The summed E-state index contributed by atoms with van der Waals surface area (Å²) in [5, 5.41) is 16.4. The van der Waals surface area contributed by atoms with Gasteiger partial charge in [0.15, 0.2) is 5.54 Å². The zero-order chi connectivity index (χ0) is 17.8. The molecule has 2 N–H and O–H groups in total. The van der Waals surface area contributed by atoms with Crippen LogP contribution in [0, 0.1) is 0 Å². The molecule has 1 aromatic heterocycles. The number of carboxylic acid groups (broad SMARTS) is 1. The molecule has 0 bridgehead atoms. The number of aliphatic carboxylic acids is 1. The van der Waals surface area contributed by atoms with E-state index in [9.17, 15) is 14.7 Å². The molecule has 7 nitrogen and oxygen atoms in total. The van der Waals surface area contributed by atoms with E-state index < -0.39 is 23.2 Å². The molecule has 0 saturated heterocycles. The molecular formula is C16H27N3O4. The fourth-order valence-corrected chi connectivity index (χ4v) is 2.10. The Hall–Kier alpha value is -2.05. The second kappa shape index (κ2) is 7.02. The van der Waals surface area contributed by atoms with Crippen LogP contribution in [0.5, 0.6) is 0 Å². The summed E-state index contributed by atoms with van der Waals surface area (Å²) < 4.78 is 6.80. The molecule has 23 heavy (non-hydrogen) atoms. The lowest BCUT2D eigenvalue weighted by Gasteiger charge is -2.29. The van der Waals surface area contributed by atoms with Crippen LogP contribution in [-0.4, -0.2) is 38.1 Å². The van der Waals surface area contributed by atoms with Crippen LogP contribution in [0.15, 0.2) is 6.07 Å². The summed E-state index contributed by atoms with van der Waals surface area (Å²) in [5.41, 5.74) is -0.380. The molecule has 0 aliphatic rings. The summed E-state index contributed by atoms with van der Waals surface area (Å²) in [7, 11) is 0. The summed E-state index contributed by atoms with van der Waals surface area (Å²) in [6, 6.07) is 1.95. The number of carbonyl (C=O) groups excluding carboxylic acids is 1. The molecule has 1 aromatic rings. The number of nitrogens with zero attached hydrogens (tertiary/aromatic N) is 2. The number of ether oxygens (including phenoxy) is 1. The van der Waals surface area contributed by atoms with E-state index in [2.05, 4.69) is 10.4 Å². The van der Waals surface area contributed by atoms with Gasteiger partial charge in [0, 0.05) is 5.69 Å². The van der Waals surface area contributed by atoms with Gasteiger partial charge in [-0.25, -0.2) is 9.59 Å². The second-order valence-electron chi connectivity index (χ2n) is 6.76. The largest absolute Gasteiger partial charge is 0.479 e. The number of alkyl carbamates (subject to hydrolysis) is 1. The quantitative estimate of drug-likeness (QED) is 0.837. The zero-order valence-corrected chi connectivity index (χ0v) is 14.8. The van der Waals surface area contributed by atoms with Crippen LogP contribution < -0.4 is 5.32 Å². The van der Waals surface area contributed by atoms with Crippen molar-refractivity contribution in [2.24, 2.45) is 0 Å². The van der Waals surface area contributed by atoms with Crippen molar-refractivity contribution in [1.29, 1.82) is 0 Å². The molecule has 0 radical (unpaired) electrons. The Kier molecular flexibility index (Phi) is 5.80. The molecule has 0 aliphatic heterocycles. The van der Waals surface area contributed by atoms with Gasteiger partial charge in [-0.2, -0.15) is 5.10 Å². The van der Waals surface area contributed by atoms with E-state index in [-0.39, 0.29) is 6.54 Å². The van der Waals surface area contributed by atoms with Crippen LogP contribution in [0.2, 0.25) is 0 Å². The second-order valence-corrected chi connectivity index (χ2v) is 6.76. The van der Waals surface area contributed by atoms with Crippen molar-refractivity contribution in [3.63, 3.8) is 0 Å². The fourth-order valence-electron chi connectivity index (χ4n) is 2.10. The molecular weight excluding hydrogens is 298 g/mol. The lowest BCUT2D eigenvalue weighted by atomic mass is 10.0. The van der Waals surface area contributed by atoms with E-state index in [0.29, 0.717) is 0 Å². The molecule has 1 unspecified atom stereocenters. The molecule has 0 aromatic carbocycles. The number of aryl methyl sites for hydroxylation is 2. The summed E-state index contributed by atoms with van der Waals surface area (Å²) in [6.07, 6.45) is 0.738. The SMILES string of the molecule is CCc1cc(CC)n(CC(C)(NC(=O)OC(C)(C)C)C(=O)O)n1. The molecule has 1 amide bonds. The number of carbonyl (C=O) groups is 2. The van der Waals surface area contributed by atoms with Crippen molar-refractivity contribution in [3.05, 3.63) is 17.5 Å². The van der Waals surface area contributed by atoms with Gasteiger partial charge in [-0.05, 0) is 46.6 Å². The van der Waals surface area contributed by atoms with Crippen molar-refractivity contribution >= 4 is 12.1 Å². The number of rotatable bonds is 6. The Bertz CT molecular complexity index is 574. The molecule has 1 atom stereocenters. The van der Waals surface area contributed by atoms with Gasteiger partial charge in [0.05, 0.1) is 12.2 Å². The first-order chi connectivity index (χ1) is 10.5. The molecule has 7 heteroatoms. The Labute approximate surface area is 137 Å². The van der Waals surface area contributed by atoms with Crippen LogP contribution in [0.3, 0.4) is 0 Å². The van der Waals surface area contributed by atoms with E-state index in [1.54, 1.807) is 25.5 Å². The Morgan fingerprint density at radius 1 is 1.26 bits per heavy atom. The Balaban J connectivity index is 2.99. The summed E-state index contributed by atoms with van der Waals surface area (Å²) in [5.74, 6) is -1.14. The first kappa shape index (κ1) is 19.0. The number of hydrogen-bond donors (Lipinski definition) is 2. The molecule has 0 saturated carbocycles. The minimum atomic E-state index is -1.51. The molecule has 130 valence electrons. The molecule has 1 heterocycles. The fraction of sp³-hybridized carbons (Fsp3) is 0.688. The highest BCUT2D eigenvalue weighted by Gasteiger charge is 2.37. The Morgan fingerprint density at radius 2 is 1.87 bits per heavy atom. The molecule has 0 aliphatic carbocycles. The van der Waals surface area contributed by atoms with Crippen LogP contribution >= 0.6 is 0 Å². The third kappa shape index (κ3) is 5.26. The monoisotopic (exact) mass is 325 g/mol. The highest BCUT2D eigenvalue weighted by molar-refractivity contribution is 5.83. The minimum absolute atomic E-state index is 0.0325. The lowest BCUT2D eigenvalue weighted by Crippen LogP contribution is -2.56. The third-order valence-electron chi connectivity index (χ3n) is 3.35. The predicted molar refractivity (Wildman–Crippen MR) is 86.4 cm³/mol. The third-order valence-corrected chi connectivity index (χ3v) is 3.35. The van der Waals surface area contributed by atoms with Crippen LogP contribution in [-0.2, 0) is 28.9 Å². The maximum atomic E-state index is 12.0. The van der Waals surface area contributed by atoms with E-state index in [1.165, 1.54) is 6.92 Å². The van der Waals surface area contributed by atoms with Crippen molar-refractivity contribution in [2.45, 2.75) is 72.1 Å². The van der Waals surface area contributed by atoms with Gasteiger partial charge in [0.1, 0.15) is 5.60 Å². The first-order valence-corrected chi connectivity index (χ1v) is 7.81. The van der Waals surface area contributed by atoms with E-state index in [4.69, 9.17) is 4.74 Å². The predicted octanol–water partition coefficient (Wildman–Crippen LogP) is 2.38. The van der Waals surface area contributed by atoms with Gasteiger partial charge < -0.3 is 15.2 Å². The maximum Gasteiger partial charge on any atom is 0.408 e. The van der Waals surface area contributed by atoms with Gasteiger partial charge in [-0.15, -0.1) is 0 Å². The number of hydrogen-bond acceptors (Lipinski definition) is 4. The summed E-state index contributed by atoms with van der Waals surface area (Å²) in [4.78, 5) is 23.6. The van der Waals surface area contributed by atoms with Gasteiger partial charge >= 0.3 is 12.1 Å². The van der Waals surface area contributed by atoms with Gasteiger partial charge in [-0.3, -0.25) is 4.68 Å². The number of amides is 1. The molecule has 1 rings (SSSR count). The average molecular weight is 325 g/mol. The molecule has 0 fully saturated rings. The highest BCUT2D eigenvalue weighted by Crippen LogP contribution is 2.15. The summed E-state index contributed by atoms with van der Waals surface area (Å²) in [6.45, 7) is 10.6. The topological polar surface area (TPSA) is 93.5 Å². The Morgan fingerprint density at radius 3 is 2.30 bits per heavy atom. The smallest absolute Gasteiger partial charge is 0.408 e. The van der Waals surface area contributed by atoms with Crippen molar-refractivity contribution in [3.8, 4) is 0 Å². The molecule has 0 spiro atoms. The van der Waals surface area contributed by atoms with E-state index in [1.807, 2.05) is 19.9 Å². The van der Waals surface area contributed by atoms with Crippen LogP contribution in [0.1, 0.15) is 52.9 Å². The zero-order valence-electron chi connectivity index (χ0n) is 14.8. The van der Waals surface area contributed by atoms with Crippen LogP contribution in [0.4, 0.5) is 4.79 Å². The minimum Gasteiger partial charge on any atom is -0.479 e. The first-order valence-electron chi connectivity index (χ1n) is 7.81. The van der Waals surface area contributed by atoms with E-state index >= 15 is 0 Å². The van der Waals surface area contributed by atoms with Crippen molar-refractivity contribution in [2.75, 3.05) is 0 Å². The highest BCUT2D eigenvalue weighted by atomic mass is 16.6. The average Bonchev–Trinajstić information content (AvgIpc) is 2.77. The van der Waals surface area contributed by atoms with Gasteiger partial charge in [-0.1, -0.05) is 13.8 Å². The van der Waals surface area contributed by atoms with Gasteiger partial charge in [0.25, 0.3) is 0 Å². The normalized spacial score (nSPS) is 14.2. The van der Waals surface area contributed by atoms with Gasteiger partial charge in [0.2, 0.25) is 0 Å². The van der Waals surface area contributed by atoms with Crippen LogP contribution in [0.25, 0.3) is 0 Å². The number of nitrogens with one attached hydrogen (secondary N) is 1. The van der Waals surface area contributed by atoms with Crippen molar-refractivity contribution < 1.29 is 19.4 Å². The summed E-state index contributed by atoms with van der Waals surface area (Å²) >= 11 is 0. The van der Waals surface area contributed by atoms with Crippen molar-refractivity contribution in [1.82, 2.24) is 15.1 Å². The number of carboxylic acids is 1. The number of aromatic nitrogens is 2. The lowest BCUT2D eigenvalue weighted by molar-refractivity contribution is -0.144. The maximum absolute atomic E-state index is 12.0.